The highest BCUT2D eigenvalue weighted by Crippen LogP contribution is 2.37. The third-order valence-corrected chi connectivity index (χ3v) is 5.44. The Morgan fingerprint density at radius 1 is 1.38 bits per heavy atom. The molecule has 0 amide bonds. The van der Waals surface area contributed by atoms with Crippen LogP contribution in [0.1, 0.15) is 38.3 Å². The van der Waals surface area contributed by atoms with E-state index >= 15 is 0 Å². The van der Waals surface area contributed by atoms with Gasteiger partial charge in [-0.25, -0.2) is 0 Å². The molecule has 1 aromatic carbocycles. The topological polar surface area (TPSA) is 15.3 Å². The fourth-order valence-corrected chi connectivity index (χ4v) is 4.16. The lowest BCUT2D eigenvalue weighted by Crippen LogP contribution is -2.40. The van der Waals surface area contributed by atoms with Gasteiger partial charge in [-0.15, -0.1) is 11.8 Å². The summed E-state index contributed by atoms with van der Waals surface area (Å²) in [6, 6.07) is 7.32. The molecule has 0 aliphatic carbocycles. The molecule has 1 aliphatic rings. The van der Waals surface area contributed by atoms with Gasteiger partial charge in [0.15, 0.2) is 0 Å². The molecule has 1 aliphatic heterocycles. The van der Waals surface area contributed by atoms with Crippen molar-refractivity contribution in [3.8, 4) is 0 Å². The molecule has 0 saturated carbocycles. The number of hydrogen-bond donors (Lipinski definition) is 1. The van der Waals surface area contributed by atoms with Crippen LogP contribution in [-0.4, -0.2) is 37.3 Å². The van der Waals surface area contributed by atoms with Crippen molar-refractivity contribution in [2.45, 2.75) is 43.7 Å². The molecule has 0 saturated heterocycles. The maximum absolute atomic E-state index is 6.18. The molecule has 0 spiro atoms. The van der Waals surface area contributed by atoms with Gasteiger partial charge in [-0.05, 0) is 62.4 Å². The molecule has 1 heterocycles. The van der Waals surface area contributed by atoms with E-state index < -0.39 is 0 Å². The number of nitrogens with one attached hydrogen (secondary N) is 1. The third kappa shape index (κ3) is 4.88. The van der Waals surface area contributed by atoms with E-state index in [-0.39, 0.29) is 0 Å². The van der Waals surface area contributed by atoms with Crippen LogP contribution in [0.3, 0.4) is 0 Å². The standard InChI is InChI=1S/C17H27ClN2S/c1-12(2)9-14(20(3)4)11-19-16-7-8-21-17-6-5-13(18)10-15(16)17/h5-6,10,12,14,16,19H,7-9,11H2,1-4H3. The minimum atomic E-state index is 0.439. The smallest absolute Gasteiger partial charge is 0.0410 e. The summed E-state index contributed by atoms with van der Waals surface area (Å²) < 4.78 is 0. The molecule has 1 N–H and O–H groups in total. The predicted molar refractivity (Wildman–Crippen MR) is 94.5 cm³/mol. The first kappa shape index (κ1) is 17.1. The van der Waals surface area contributed by atoms with Crippen LogP contribution in [0.5, 0.6) is 0 Å². The van der Waals surface area contributed by atoms with Crippen LogP contribution in [-0.2, 0) is 0 Å². The number of hydrogen-bond acceptors (Lipinski definition) is 3. The number of nitrogens with zero attached hydrogens (tertiary/aromatic N) is 1. The van der Waals surface area contributed by atoms with E-state index in [0.29, 0.717) is 12.1 Å². The zero-order valence-electron chi connectivity index (χ0n) is 13.5. The molecule has 2 nitrogen and oxygen atoms in total. The Morgan fingerprint density at radius 2 is 2.14 bits per heavy atom. The molecule has 0 aromatic heterocycles. The highest BCUT2D eigenvalue weighted by atomic mass is 35.5. The molecule has 4 heteroatoms. The largest absolute Gasteiger partial charge is 0.308 e. The third-order valence-electron chi connectivity index (χ3n) is 4.08. The number of halogens is 1. The van der Waals surface area contributed by atoms with Crippen molar-refractivity contribution in [3.05, 3.63) is 28.8 Å². The number of benzene rings is 1. The van der Waals surface area contributed by atoms with Crippen LogP contribution in [0.25, 0.3) is 0 Å². The highest BCUT2D eigenvalue weighted by molar-refractivity contribution is 7.99. The van der Waals surface area contributed by atoms with Crippen molar-refractivity contribution in [1.29, 1.82) is 0 Å². The molecule has 21 heavy (non-hydrogen) atoms. The summed E-state index contributed by atoms with van der Waals surface area (Å²) in [5.41, 5.74) is 1.38. The van der Waals surface area contributed by atoms with Crippen LogP contribution in [0.15, 0.2) is 23.1 Å². The summed E-state index contributed by atoms with van der Waals surface area (Å²) in [5.74, 6) is 1.91. The first-order valence-corrected chi connectivity index (χ1v) is 9.15. The quantitative estimate of drug-likeness (QED) is 0.831. The fourth-order valence-electron chi connectivity index (χ4n) is 2.88. The van der Waals surface area contributed by atoms with Crippen molar-refractivity contribution < 1.29 is 0 Å². The van der Waals surface area contributed by atoms with Crippen LogP contribution < -0.4 is 5.32 Å². The average Bonchev–Trinajstić information content (AvgIpc) is 2.42. The average molecular weight is 327 g/mol. The molecule has 1 aromatic rings. The van der Waals surface area contributed by atoms with Gasteiger partial charge < -0.3 is 10.2 Å². The molecule has 0 fully saturated rings. The zero-order valence-corrected chi connectivity index (χ0v) is 15.1. The number of rotatable bonds is 6. The van der Waals surface area contributed by atoms with Crippen molar-refractivity contribution in [2.24, 2.45) is 5.92 Å². The van der Waals surface area contributed by atoms with Crippen LogP contribution in [0.4, 0.5) is 0 Å². The summed E-state index contributed by atoms with van der Waals surface area (Å²) in [5, 5.41) is 4.62. The van der Waals surface area contributed by atoms with Gasteiger partial charge in [-0.3, -0.25) is 0 Å². The van der Waals surface area contributed by atoms with E-state index in [1.54, 1.807) is 0 Å². The lowest BCUT2D eigenvalue weighted by molar-refractivity contribution is 0.239. The summed E-state index contributed by atoms with van der Waals surface area (Å²) in [6.07, 6.45) is 2.41. The van der Waals surface area contributed by atoms with Crippen LogP contribution in [0.2, 0.25) is 5.02 Å². The number of thioether (sulfide) groups is 1. The lowest BCUT2D eigenvalue weighted by Gasteiger charge is -2.31. The van der Waals surface area contributed by atoms with E-state index in [1.165, 1.54) is 29.1 Å². The molecule has 0 radical (unpaired) electrons. The van der Waals surface area contributed by atoms with E-state index in [0.717, 1.165) is 17.5 Å². The van der Waals surface area contributed by atoms with Gasteiger partial charge in [-0.2, -0.15) is 0 Å². The van der Waals surface area contributed by atoms with E-state index in [4.69, 9.17) is 11.6 Å². The fraction of sp³-hybridized carbons (Fsp3) is 0.647. The molecule has 2 unspecified atom stereocenters. The van der Waals surface area contributed by atoms with Gasteiger partial charge >= 0.3 is 0 Å². The molecule has 2 atom stereocenters. The minimum Gasteiger partial charge on any atom is -0.308 e. The van der Waals surface area contributed by atoms with Crippen molar-refractivity contribution in [3.63, 3.8) is 0 Å². The van der Waals surface area contributed by atoms with Gasteiger partial charge in [0.1, 0.15) is 0 Å². The lowest BCUT2D eigenvalue weighted by atomic mass is 10.0. The number of likely N-dealkylation sites (N-methyl/N-ethyl adjacent to an activating group) is 1. The normalized spacial score (nSPS) is 19.9. The molecular weight excluding hydrogens is 300 g/mol. The Balaban J connectivity index is 2.02. The summed E-state index contributed by atoms with van der Waals surface area (Å²) in [6.45, 7) is 5.62. The van der Waals surface area contributed by atoms with Crippen LogP contribution in [0, 0.1) is 5.92 Å². The van der Waals surface area contributed by atoms with Gasteiger partial charge in [0, 0.05) is 28.5 Å². The SMILES string of the molecule is CC(C)CC(CNC1CCSc2ccc(Cl)cc21)N(C)C. The Morgan fingerprint density at radius 3 is 2.81 bits per heavy atom. The minimum absolute atomic E-state index is 0.439. The van der Waals surface area contributed by atoms with Gasteiger partial charge in [0.25, 0.3) is 0 Å². The Bertz CT molecular complexity index is 462. The molecule has 2 rings (SSSR count). The van der Waals surface area contributed by atoms with Gasteiger partial charge in [0.05, 0.1) is 0 Å². The molecule has 0 bridgehead atoms. The predicted octanol–water partition coefficient (Wildman–Crippen LogP) is 4.44. The first-order valence-electron chi connectivity index (χ1n) is 7.79. The van der Waals surface area contributed by atoms with Crippen molar-refractivity contribution in [2.75, 3.05) is 26.4 Å². The Labute approximate surface area is 138 Å². The van der Waals surface area contributed by atoms with E-state index in [1.807, 2.05) is 17.8 Å². The van der Waals surface area contributed by atoms with Crippen LogP contribution >= 0.6 is 23.4 Å². The molecule has 118 valence electrons. The highest BCUT2D eigenvalue weighted by Gasteiger charge is 2.22. The summed E-state index contributed by atoms with van der Waals surface area (Å²) in [4.78, 5) is 3.72. The van der Waals surface area contributed by atoms with Gasteiger partial charge in [-0.1, -0.05) is 25.4 Å². The second kappa shape index (κ2) is 7.87. The Hall–Kier alpha value is -0.220. The van der Waals surface area contributed by atoms with Crippen molar-refractivity contribution in [1.82, 2.24) is 10.2 Å². The summed E-state index contributed by atoms with van der Waals surface area (Å²) in [7, 11) is 4.35. The zero-order chi connectivity index (χ0) is 15.4. The maximum atomic E-state index is 6.18. The molecular formula is C17H27ClN2S. The monoisotopic (exact) mass is 326 g/mol. The second-order valence-corrected chi connectivity index (χ2v) is 8.10. The van der Waals surface area contributed by atoms with E-state index in [2.05, 4.69) is 50.3 Å². The van der Waals surface area contributed by atoms with Gasteiger partial charge in [0.2, 0.25) is 0 Å². The number of fused-ring (bicyclic) bond motifs is 1. The second-order valence-electron chi connectivity index (χ2n) is 6.53. The first-order chi connectivity index (χ1) is 9.97. The summed E-state index contributed by atoms with van der Waals surface area (Å²) >= 11 is 8.12. The maximum Gasteiger partial charge on any atom is 0.0410 e. The van der Waals surface area contributed by atoms with E-state index in [9.17, 15) is 0 Å². The Kier molecular flexibility index (Phi) is 6.42. The van der Waals surface area contributed by atoms with Crippen molar-refractivity contribution >= 4 is 23.4 Å².